The fourth-order valence-electron chi connectivity index (χ4n) is 2.08. The molecule has 10 heavy (non-hydrogen) atoms. The van der Waals surface area contributed by atoms with Crippen LogP contribution >= 0.6 is 0 Å². The summed E-state index contributed by atoms with van der Waals surface area (Å²) >= 11 is 0. The molecule has 0 saturated heterocycles. The van der Waals surface area contributed by atoms with Gasteiger partial charge in [0.2, 0.25) is 0 Å². The molecule has 0 amide bonds. The van der Waals surface area contributed by atoms with Crippen molar-refractivity contribution >= 4 is 0 Å². The van der Waals surface area contributed by atoms with E-state index in [2.05, 4.69) is 24.3 Å². The third-order valence-electron chi connectivity index (χ3n) is 2.70. The van der Waals surface area contributed by atoms with Gasteiger partial charge in [0.15, 0.2) is 0 Å². The Morgan fingerprint density at radius 3 is 1.80 bits per heavy atom. The van der Waals surface area contributed by atoms with Crippen LogP contribution < -0.4 is 0 Å². The summed E-state index contributed by atoms with van der Waals surface area (Å²) < 4.78 is 0. The number of hydrogen-bond acceptors (Lipinski definition) is 0. The van der Waals surface area contributed by atoms with Gasteiger partial charge in [-0.15, -0.1) is 0 Å². The highest BCUT2D eigenvalue weighted by molar-refractivity contribution is 5.14. The molecular weight excluding hydrogens is 120 g/mol. The molecule has 0 aliphatic heterocycles. The van der Waals surface area contributed by atoms with Crippen LogP contribution in [-0.2, 0) is 0 Å². The van der Waals surface area contributed by atoms with Crippen molar-refractivity contribution in [2.45, 2.75) is 25.7 Å². The Kier molecular flexibility index (Phi) is 1.62. The van der Waals surface area contributed by atoms with Crippen molar-refractivity contribution in [1.29, 1.82) is 0 Å². The van der Waals surface area contributed by atoms with E-state index in [1.165, 1.54) is 25.7 Å². The Hall–Kier alpha value is -0.520. The Labute approximate surface area is 62.6 Å². The minimum atomic E-state index is 0.888. The molecule has 0 spiro atoms. The Balaban J connectivity index is 2.09. The maximum absolute atomic E-state index is 2.38. The lowest BCUT2D eigenvalue weighted by molar-refractivity contribution is 0.335. The van der Waals surface area contributed by atoms with Gasteiger partial charge in [-0.05, 0) is 24.7 Å². The Bertz CT molecular complexity index is 145. The minimum absolute atomic E-state index is 0.888. The predicted molar refractivity (Wildman–Crippen MR) is 43.7 cm³/mol. The van der Waals surface area contributed by atoms with Crippen LogP contribution in [0.2, 0.25) is 0 Å². The van der Waals surface area contributed by atoms with Crippen molar-refractivity contribution in [2.75, 3.05) is 0 Å². The summed E-state index contributed by atoms with van der Waals surface area (Å²) in [5, 5.41) is 0. The van der Waals surface area contributed by atoms with Crippen molar-refractivity contribution in [3.8, 4) is 0 Å². The lowest BCUT2D eigenvalue weighted by Crippen LogP contribution is -2.16. The monoisotopic (exact) mass is 134 g/mol. The Morgan fingerprint density at radius 1 is 0.800 bits per heavy atom. The first kappa shape index (κ1) is 6.21. The summed E-state index contributed by atoms with van der Waals surface area (Å²) in [4.78, 5) is 0. The molecule has 1 saturated carbocycles. The highest BCUT2D eigenvalue weighted by atomic mass is 14.3. The smallest absolute Gasteiger partial charge is 0.0167 e. The molecule has 54 valence electrons. The van der Waals surface area contributed by atoms with Crippen LogP contribution in [0.5, 0.6) is 0 Å². The molecule has 2 rings (SSSR count). The van der Waals surface area contributed by atoms with Crippen molar-refractivity contribution in [2.24, 2.45) is 11.8 Å². The molecule has 0 radical (unpaired) electrons. The number of fused-ring (bicyclic) bond motifs is 1. The summed E-state index contributed by atoms with van der Waals surface area (Å²) in [7, 11) is 0. The molecule has 0 aromatic rings. The zero-order chi connectivity index (χ0) is 6.81. The zero-order valence-corrected chi connectivity index (χ0v) is 6.29. The van der Waals surface area contributed by atoms with Gasteiger partial charge < -0.3 is 0 Å². The molecule has 0 unspecified atom stereocenters. The maximum Gasteiger partial charge on any atom is -0.0167 e. The highest BCUT2D eigenvalue weighted by Crippen LogP contribution is 2.33. The third kappa shape index (κ3) is 1.03. The highest BCUT2D eigenvalue weighted by Gasteiger charge is 2.21. The topological polar surface area (TPSA) is 0 Å². The second-order valence-electron chi connectivity index (χ2n) is 3.38. The molecule has 2 atom stereocenters. The standard InChI is InChI=1S/C10H14/c1-2-6-10-8-4-3-7-9(10)5-1/h1-2,5-6,9-10H,3-4,7-8H2/t9-,10-/m1/s1. The van der Waals surface area contributed by atoms with Gasteiger partial charge in [-0.1, -0.05) is 37.1 Å². The predicted octanol–water partition coefficient (Wildman–Crippen LogP) is 2.92. The molecule has 0 aromatic carbocycles. The molecule has 0 bridgehead atoms. The van der Waals surface area contributed by atoms with Gasteiger partial charge in [0, 0.05) is 0 Å². The molecule has 0 nitrogen and oxygen atoms in total. The molecule has 0 heterocycles. The molecule has 1 fully saturated rings. The van der Waals surface area contributed by atoms with Gasteiger partial charge in [-0.2, -0.15) is 0 Å². The van der Waals surface area contributed by atoms with E-state index >= 15 is 0 Å². The normalized spacial score (nSPS) is 37.6. The fraction of sp³-hybridized carbons (Fsp3) is 0.600. The number of hydrogen-bond donors (Lipinski definition) is 0. The molecule has 2 aliphatic rings. The van der Waals surface area contributed by atoms with Gasteiger partial charge >= 0.3 is 0 Å². The van der Waals surface area contributed by atoms with E-state index in [0.29, 0.717) is 0 Å². The van der Waals surface area contributed by atoms with E-state index in [1.54, 1.807) is 0 Å². The van der Waals surface area contributed by atoms with Crippen LogP contribution in [0.15, 0.2) is 24.3 Å². The lowest BCUT2D eigenvalue weighted by atomic mass is 9.77. The fourth-order valence-corrected chi connectivity index (χ4v) is 2.08. The first-order valence-corrected chi connectivity index (χ1v) is 4.32. The van der Waals surface area contributed by atoms with E-state index in [-0.39, 0.29) is 0 Å². The molecule has 0 N–H and O–H groups in total. The summed E-state index contributed by atoms with van der Waals surface area (Å²) in [6.45, 7) is 0. The minimum Gasteiger partial charge on any atom is -0.0808 e. The summed E-state index contributed by atoms with van der Waals surface area (Å²) in [5.74, 6) is 1.78. The van der Waals surface area contributed by atoms with E-state index in [1.807, 2.05) is 0 Å². The summed E-state index contributed by atoms with van der Waals surface area (Å²) in [5.41, 5.74) is 0. The maximum atomic E-state index is 2.38. The van der Waals surface area contributed by atoms with Gasteiger partial charge in [0.25, 0.3) is 0 Å². The van der Waals surface area contributed by atoms with Crippen molar-refractivity contribution in [3.05, 3.63) is 24.3 Å². The van der Waals surface area contributed by atoms with E-state index in [9.17, 15) is 0 Å². The number of rotatable bonds is 0. The van der Waals surface area contributed by atoms with E-state index < -0.39 is 0 Å². The van der Waals surface area contributed by atoms with E-state index in [4.69, 9.17) is 0 Å². The third-order valence-corrected chi connectivity index (χ3v) is 2.70. The average Bonchev–Trinajstić information content (AvgIpc) is 2.05. The van der Waals surface area contributed by atoms with Crippen molar-refractivity contribution in [1.82, 2.24) is 0 Å². The second kappa shape index (κ2) is 2.61. The molecular formula is C10H14. The quantitative estimate of drug-likeness (QED) is 0.478. The van der Waals surface area contributed by atoms with Crippen molar-refractivity contribution < 1.29 is 0 Å². The molecule has 2 aliphatic carbocycles. The SMILES string of the molecule is C1=C[C@@H]2CCCC[C@H]2C=C1. The average molecular weight is 134 g/mol. The first-order valence-electron chi connectivity index (χ1n) is 4.32. The molecule has 0 heteroatoms. The van der Waals surface area contributed by atoms with E-state index in [0.717, 1.165) is 11.8 Å². The molecule has 0 aromatic heterocycles. The summed E-state index contributed by atoms with van der Waals surface area (Å²) in [6, 6.07) is 0. The number of allylic oxidation sites excluding steroid dienone is 4. The van der Waals surface area contributed by atoms with Gasteiger partial charge in [-0.25, -0.2) is 0 Å². The van der Waals surface area contributed by atoms with Gasteiger partial charge in [0.1, 0.15) is 0 Å². The van der Waals surface area contributed by atoms with Crippen LogP contribution in [0, 0.1) is 11.8 Å². The largest absolute Gasteiger partial charge is 0.0808 e. The van der Waals surface area contributed by atoms with Crippen LogP contribution in [0.4, 0.5) is 0 Å². The summed E-state index contributed by atoms with van der Waals surface area (Å²) in [6.07, 6.45) is 14.9. The first-order chi connectivity index (χ1) is 4.97. The van der Waals surface area contributed by atoms with Crippen LogP contribution in [0.3, 0.4) is 0 Å². The zero-order valence-electron chi connectivity index (χ0n) is 6.29. The van der Waals surface area contributed by atoms with Crippen LogP contribution in [0.25, 0.3) is 0 Å². The lowest BCUT2D eigenvalue weighted by Gasteiger charge is -2.28. The van der Waals surface area contributed by atoms with Gasteiger partial charge in [-0.3, -0.25) is 0 Å². The Morgan fingerprint density at radius 2 is 1.30 bits per heavy atom. The van der Waals surface area contributed by atoms with Crippen LogP contribution in [0.1, 0.15) is 25.7 Å². The van der Waals surface area contributed by atoms with Gasteiger partial charge in [0.05, 0.1) is 0 Å². The van der Waals surface area contributed by atoms with Crippen LogP contribution in [-0.4, -0.2) is 0 Å². The second-order valence-corrected chi connectivity index (χ2v) is 3.38. The van der Waals surface area contributed by atoms with Crippen molar-refractivity contribution in [3.63, 3.8) is 0 Å².